The van der Waals surface area contributed by atoms with Crippen LogP contribution in [0.15, 0.2) is 42.9 Å². The molecule has 184 valence electrons. The van der Waals surface area contributed by atoms with E-state index >= 15 is 0 Å². The number of hydrogen-bond donors (Lipinski definition) is 2. The van der Waals surface area contributed by atoms with Crippen molar-refractivity contribution in [2.24, 2.45) is 0 Å². The van der Waals surface area contributed by atoms with Gasteiger partial charge in [-0.25, -0.2) is 14.5 Å². The SMILES string of the molecule is CC(O)c1cn(C2CCN(Cc3cccn3-c3ccc(Cl)cn3)CC2)nn1.O=C(O)C(F)(F)F. The van der Waals surface area contributed by atoms with Crippen molar-refractivity contribution < 1.29 is 28.2 Å². The van der Waals surface area contributed by atoms with Crippen molar-refractivity contribution in [3.63, 3.8) is 0 Å². The smallest absolute Gasteiger partial charge is 0.475 e. The molecule has 2 N–H and O–H groups in total. The minimum atomic E-state index is -5.08. The number of aliphatic hydroxyl groups excluding tert-OH is 1. The highest BCUT2D eigenvalue weighted by Gasteiger charge is 2.38. The maximum absolute atomic E-state index is 10.6. The molecule has 0 aromatic carbocycles. The Kier molecular flexibility index (Phi) is 8.28. The normalized spacial score (nSPS) is 16.1. The summed E-state index contributed by atoms with van der Waals surface area (Å²) in [7, 11) is 0. The average molecular weight is 501 g/mol. The van der Waals surface area contributed by atoms with Gasteiger partial charge in [0.15, 0.2) is 0 Å². The van der Waals surface area contributed by atoms with E-state index in [0.29, 0.717) is 16.8 Å². The second kappa shape index (κ2) is 11.0. The fraction of sp³-hybridized carbons (Fsp3) is 0.429. The number of alkyl halides is 3. The quantitative estimate of drug-likeness (QED) is 0.550. The fourth-order valence-corrected chi connectivity index (χ4v) is 3.62. The minimum absolute atomic E-state index is 0.339. The molecule has 3 aromatic heterocycles. The Morgan fingerprint density at radius 2 is 1.94 bits per heavy atom. The first-order valence-electron chi connectivity index (χ1n) is 10.4. The van der Waals surface area contributed by atoms with E-state index in [1.165, 1.54) is 5.69 Å². The molecule has 34 heavy (non-hydrogen) atoms. The Bertz CT molecular complexity index is 1080. The van der Waals surface area contributed by atoms with E-state index in [4.69, 9.17) is 21.5 Å². The molecule has 9 nitrogen and oxygen atoms in total. The summed E-state index contributed by atoms with van der Waals surface area (Å²) in [5, 5.41) is 25.6. The lowest BCUT2D eigenvalue weighted by Crippen LogP contribution is -2.34. The van der Waals surface area contributed by atoms with E-state index in [1.54, 1.807) is 13.1 Å². The summed E-state index contributed by atoms with van der Waals surface area (Å²) in [5.41, 5.74) is 1.84. The second-order valence-corrected chi connectivity index (χ2v) is 8.25. The van der Waals surface area contributed by atoms with Gasteiger partial charge in [-0.3, -0.25) is 4.90 Å². The minimum Gasteiger partial charge on any atom is -0.475 e. The van der Waals surface area contributed by atoms with Crippen molar-refractivity contribution in [3.8, 4) is 5.82 Å². The molecule has 1 unspecified atom stereocenters. The molecule has 4 heterocycles. The molecule has 4 rings (SSSR count). The highest BCUT2D eigenvalue weighted by molar-refractivity contribution is 6.30. The first-order chi connectivity index (χ1) is 16.0. The standard InChI is InChI=1S/C19H23ClN6O.C2HF3O2/c1-14(27)18-13-26(23-22-18)16-6-9-24(10-7-16)12-17-3-2-8-25(17)19-5-4-15(20)11-21-19;3-2(4,5)1(6)7/h2-5,8,11,13-14,16,27H,6-7,9-10,12H2,1H3;(H,6,7). The Morgan fingerprint density at radius 1 is 1.26 bits per heavy atom. The van der Waals surface area contributed by atoms with Crippen LogP contribution in [-0.4, -0.2) is 64.9 Å². The number of aromatic nitrogens is 5. The van der Waals surface area contributed by atoms with Crippen LogP contribution >= 0.6 is 11.6 Å². The number of hydrogen-bond acceptors (Lipinski definition) is 6. The molecule has 0 spiro atoms. The predicted molar refractivity (Wildman–Crippen MR) is 116 cm³/mol. The van der Waals surface area contributed by atoms with E-state index < -0.39 is 18.2 Å². The largest absolute Gasteiger partial charge is 0.490 e. The van der Waals surface area contributed by atoms with Crippen molar-refractivity contribution >= 4 is 17.6 Å². The number of halogens is 4. The summed E-state index contributed by atoms with van der Waals surface area (Å²) in [6.45, 7) is 4.57. The van der Waals surface area contributed by atoms with Crippen LogP contribution in [0, 0.1) is 0 Å². The lowest BCUT2D eigenvalue weighted by atomic mass is 10.1. The molecule has 0 aliphatic carbocycles. The van der Waals surface area contributed by atoms with Crippen molar-refractivity contribution in [2.45, 2.75) is 44.6 Å². The molecule has 13 heteroatoms. The van der Waals surface area contributed by atoms with Gasteiger partial charge in [0, 0.05) is 37.7 Å². The molecule has 0 radical (unpaired) electrons. The lowest BCUT2D eigenvalue weighted by Gasteiger charge is -2.31. The number of nitrogens with zero attached hydrogens (tertiary/aromatic N) is 6. The number of piperidine rings is 1. The van der Waals surface area contributed by atoms with E-state index in [1.807, 2.05) is 35.3 Å². The van der Waals surface area contributed by atoms with Crippen molar-refractivity contribution in [3.05, 3.63) is 59.3 Å². The number of aliphatic hydroxyl groups is 1. The zero-order valence-electron chi connectivity index (χ0n) is 18.2. The maximum Gasteiger partial charge on any atom is 0.490 e. The van der Waals surface area contributed by atoms with Crippen LogP contribution in [-0.2, 0) is 11.3 Å². The van der Waals surface area contributed by atoms with E-state index in [0.717, 1.165) is 38.3 Å². The Balaban J connectivity index is 0.000000406. The third-order valence-corrected chi connectivity index (χ3v) is 5.53. The van der Waals surface area contributed by atoms with E-state index in [-0.39, 0.29) is 0 Å². The Morgan fingerprint density at radius 3 is 2.47 bits per heavy atom. The first kappa shape index (κ1) is 25.7. The highest BCUT2D eigenvalue weighted by atomic mass is 35.5. The Hall–Kier alpha value is -2.96. The molecule has 1 atom stereocenters. The van der Waals surface area contributed by atoms with Crippen molar-refractivity contribution in [1.82, 2.24) is 29.4 Å². The van der Waals surface area contributed by atoms with Gasteiger partial charge >= 0.3 is 12.1 Å². The van der Waals surface area contributed by atoms with Crippen LogP contribution < -0.4 is 0 Å². The van der Waals surface area contributed by atoms with Crippen molar-refractivity contribution in [1.29, 1.82) is 0 Å². The molecule has 1 aliphatic heterocycles. The summed E-state index contributed by atoms with van der Waals surface area (Å²) in [6.07, 6.45) is 1.94. The second-order valence-electron chi connectivity index (χ2n) is 7.81. The zero-order chi connectivity index (χ0) is 24.9. The highest BCUT2D eigenvalue weighted by Crippen LogP contribution is 2.24. The summed E-state index contributed by atoms with van der Waals surface area (Å²) in [6, 6.07) is 8.31. The molecule has 1 fully saturated rings. The van der Waals surface area contributed by atoms with Gasteiger partial charge in [-0.1, -0.05) is 16.8 Å². The van der Waals surface area contributed by atoms with Gasteiger partial charge < -0.3 is 14.8 Å². The molecule has 0 saturated carbocycles. The monoisotopic (exact) mass is 500 g/mol. The number of pyridine rings is 1. The molecule has 0 amide bonds. The van der Waals surface area contributed by atoms with E-state index in [2.05, 4.69) is 30.8 Å². The molecular weight excluding hydrogens is 477 g/mol. The lowest BCUT2D eigenvalue weighted by molar-refractivity contribution is -0.192. The molecule has 1 saturated heterocycles. The van der Waals surface area contributed by atoms with Crippen LogP contribution in [0.25, 0.3) is 5.82 Å². The molecule has 1 aliphatic rings. The average Bonchev–Trinajstić information content (AvgIpc) is 3.45. The van der Waals surface area contributed by atoms with Gasteiger partial charge in [0.25, 0.3) is 0 Å². The third-order valence-electron chi connectivity index (χ3n) is 5.31. The fourth-order valence-electron chi connectivity index (χ4n) is 3.51. The number of carboxylic acid groups (broad SMARTS) is 1. The predicted octanol–water partition coefficient (Wildman–Crippen LogP) is 3.64. The van der Waals surface area contributed by atoms with Crippen LogP contribution in [0.4, 0.5) is 13.2 Å². The third kappa shape index (κ3) is 6.78. The number of likely N-dealkylation sites (tertiary alicyclic amines) is 1. The summed E-state index contributed by atoms with van der Waals surface area (Å²) < 4.78 is 35.7. The van der Waals surface area contributed by atoms with Crippen molar-refractivity contribution in [2.75, 3.05) is 13.1 Å². The Labute approximate surface area is 198 Å². The topological polar surface area (TPSA) is 109 Å². The van der Waals surface area contributed by atoms with E-state index in [9.17, 15) is 18.3 Å². The summed E-state index contributed by atoms with van der Waals surface area (Å²) >= 11 is 5.95. The van der Waals surface area contributed by atoms with Gasteiger partial charge in [-0.2, -0.15) is 13.2 Å². The van der Waals surface area contributed by atoms with Crippen LogP contribution in [0.3, 0.4) is 0 Å². The summed E-state index contributed by atoms with van der Waals surface area (Å²) in [5.74, 6) is -1.88. The van der Waals surface area contributed by atoms with Gasteiger partial charge in [0.05, 0.1) is 23.4 Å². The van der Waals surface area contributed by atoms with Gasteiger partial charge in [0.2, 0.25) is 0 Å². The maximum atomic E-state index is 10.6. The number of aliphatic carboxylic acids is 1. The molecule has 0 bridgehead atoms. The zero-order valence-corrected chi connectivity index (χ0v) is 19.0. The summed E-state index contributed by atoms with van der Waals surface area (Å²) in [4.78, 5) is 15.8. The van der Waals surface area contributed by atoms with Crippen LogP contribution in [0.1, 0.15) is 43.3 Å². The van der Waals surface area contributed by atoms with Crippen LogP contribution in [0.5, 0.6) is 0 Å². The number of rotatable bonds is 5. The molecular formula is C21H24ClF3N6O3. The van der Waals surface area contributed by atoms with Gasteiger partial charge in [-0.05, 0) is 44.0 Å². The van der Waals surface area contributed by atoms with Crippen LogP contribution in [0.2, 0.25) is 5.02 Å². The first-order valence-corrected chi connectivity index (χ1v) is 10.8. The number of carbonyl (C=O) groups is 1. The van der Waals surface area contributed by atoms with Gasteiger partial charge in [-0.15, -0.1) is 5.10 Å². The number of carboxylic acids is 1. The molecule has 3 aromatic rings. The van der Waals surface area contributed by atoms with Gasteiger partial charge in [0.1, 0.15) is 11.5 Å².